The van der Waals surface area contributed by atoms with Gasteiger partial charge >= 0.3 is 0 Å². The molecule has 4 N–H and O–H groups in total. The minimum absolute atomic E-state index is 0.00894. The van der Waals surface area contributed by atoms with Crippen LogP contribution in [0.15, 0.2) is 18.2 Å². The van der Waals surface area contributed by atoms with E-state index in [0.717, 1.165) is 18.8 Å². The highest BCUT2D eigenvalue weighted by Crippen LogP contribution is 2.22. The van der Waals surface area contributed by atoms with E-state index < -0.39 is 0 Å². The van der Waals surface area contributed by atoms with Crippen molar-refractivity contribution < 1.29 is 4.79 Å². The third kappa shape index (κ3) is 2.66. The average Bonchev–Trinajstić information content (AvgIpc) is 2.28. The second-order valence-corrected chi connectivity index (χ2v) is 5.83. The first-order chi connectivity index (χ1) is 8.08. The second-order valence-electron chi connectivity index (χ2n) is 4.28. The fraction of sp³-hybridized carbons (Fsp3) is 0.417. The van der Waals surface area contributed by atoms with E-state index in [1.807, 2.05) is 16.7 Å². The zero-order valence-electron chi connectivity index (χ0n) is 9.85. The number of thioether (sulfide) groups is 1. The first-order valence-electron chi connectivity index (χ1n) is 5.64. The van der Waals surface area contributed by atoms with E-state index in [2.05, 4.69) is 6.92 Å². The zero-order valence-corrected chi connectivity index (χ0v) is 10.7. The van der Waals surface area contributed by atoms with Crippen molar-refractivity contribution in [3.05, 3.63) is 23.8 Å². The van der Waals surface area contributed by atoms with Gasteiger partial charge in [-0.2, -0.15) is 11.8 Å². The van der Waals surface area contributed by atoms with E-state index in [1.54, 1.807) is 18.2 Å². The molecule has 0 aliphatic carbocycles. The van der Waals surface area contributed by atoms with Gasteiger partial charge in [-0.15, -0.1) is 0 Å². The predicted octanol–water partition coefficient (Wildman–Crippen LogP) is 1.43. The number of anilines is 2. The highest BCUT2D eigenvalue weighted by atomic mass is 32.2. The lowest BCUT2D eigenvalue weighted by atomic mass is 10.1. The van der Waals surface area contributed by atoms with Crippen molar-refractivity contribution in [2.45, 2.75) is 12.2 Å². The van der Waals surface area contributed by atoms with Crippen LogP contribution in [0.4, 0.5) is 11.4 Å². The van der Waals surface area contributed by atoms with Gasteiger partial charge in [0.25, 0.3) is 5.91 Å². The number of carbonyl (C=O) groups excluding carboxylic acids is 1. The largest absolute Gasteiger partial charge is 0.399 e. The molecule has 0 radical (unpaired) electrons. The van der Waals surface area contributed by atoms with Crippen molar-refractivity contribution in [1.29, 1.82) is 0 Å². The van der Waals surface area contributed by atoms with Crippen molar-refractivity contribution in [2.75, 3.05) is 30.3 Å². The molecule has 1 aliphatic heterocycles. The highest BCUT2D eigenvalue weighted by Gasteiger charge is 2.23. The smallest absolute Gasteiger partial charge is 0.256 e. The van der Waals surface area contributed by atoms with Gasteiger partial charge < -0.3 is 16.4 Å². The third-order valence-corrected chi connectivity index (χ3v) is 3.97. The standard InChI is InChI=1S/C12H17N3OS/c1-8-7-15(4-5-17-8)12(16)10-3-2-9(13)6-11(10)14/h2-3,6,8H,4-5,7,13-14H2,1H3. The van der Waals surface area contributed by atoms with E-state index in [-0.39, 0.29) is 5.91 Å². The summed E-state index contributed by atoms with van der Waals surface area (Å²) in [4.78, 5) is 14.1. The molecule has 92 valence electrons. The normalized spacial score (nSPS) is 20.3. The molecular weight excluding hydrogens is 234 g/mol. The van der Waals surface area contributed by atoms with E-state index in [9.17, 15) is 4.79 Å². The summed E-state index contributed by atoms with van der Waals surface area (Å²) < 4.78 is 0. The van der Waals surface area contributed by atoms with Gasteiger partial charge in [0.05, 0.1) is 5.56 Å². The van der Waals surface area contributed by atoms with Crippen molar-refractivity contribution >= 4 is 29.0 Å². The van der Waals surface area contributed by atoms with Gasteiger partial charge in [-0.05, 0) is 18.2 Å². The molecule has 1 heterocycles. The van der Waals surface area contributed by atoms with Gasteiger partial charge in [0.1, 0.15) is 0 Å². The molecule has 2 rings (SSSR count). The van der Waals surface area contributed by atoms with E-state index in [1.165, 1.54) is 0 Å². The minimum Gasteiger partial charge on any atom is -0.399 e. The summed E-state index contributed by atoms with van der Waals surface area (Å²) in [5.41, 5.74) is 13.0. The van der Waals surface area contributed by atoms with Crippen LogP contribution in [-0.2, 0) is 0 Å². The molecule has 1 aromatic carbocycles. The summed E-state index contributed by atoms with van der Waals surface area (Å²) in [6, 6.07) is 5.06. The number of hydrogen-bond donors (Lipinski definition) is 2. The van der Waals surface area contributed by atoms with Gasteiger partial charge in [-0.1, -0.05) is 6.92 Å². The summed E-state index contributed by atoms with van der Waals surface area (Å²) in [5, 5.41) is 0.489. The maximum Gasteiger partial charge on any atom is 0.256 e. The summed E-state index contributed by atoms with van der Waals surface area (Å²) in [7, 11) is 0. The lowest BCUT2D eigenvalue weighted by Crippen LogP contribution is -2.41. The number of nitrogens with zero attached hydrogens (tertiary/aromatic N) is 1. The van der Waals surface area contributed by atoms with Gasteiger partial charge in [0.2, 0.25) is 0 Å². The Kier molecular flexibility index (Phi) is 3.47. The van der Waals surface area contributed by atoms with Crippen molar-refractivity contribution in [1.82, 2.24) is 4.90 Å². The van der Waals surface area contributed by atoms with Crippen LogP contribution < -0.4 is 11.5 Å². The van der Waals surface area contributed by atoms with Crippen LogP contribution in [-0.4, -0.2) is 34.9 Å². The summed E-state index contributed by atoms with van der Waals surface area (Å²) >= 11 is 1.90. The predicted molar refractivity (Wildman–Crippen MR) is 73.1 cm³/mol. The Morgan fingerprint density at radius 1 is 1.47 bits per heavy atom. The van der Waals surface area contributed by atoms with Gasteiger partial charge in [0.15, 0.2) is 0 Å². The van der Waals surface area contributed by atoms with Gasteiger partial charge in [-0.3, -0.25) is 4.79 Å². The van der Waals surface area contributed by atoms with Crippen molar-refractivity contribution in [3.8, 4) is 0 Å². The number of rotatable bonds is 1. The Hall–Kier alpha value is -1.36. The number of carbonyl (C=O) groups is 1. The molecule has 1 saturated heterocycles. The molecule has 1 aromatic rings. The molecule has 1 atom stereocenters. The van der Waals surface area contributed by atoms with Crippen LogP contribution in [0.1, 0.15) is 17.3 Å². The monoisotopic (exact) mass is 251 g/mol. The maximum atomic E-state index is 12.3. The Morgan fingerprint density at radius 3 is 2.88 bits per heavy atom. The van der Waals surface area contributed by atoms with Gasteiger partial charge in [-0.25, -0.2) is 0 Å². The first kappa shape index (κ1) is 12.1. The first-order valence-corrected chi connectivity index (χ1v) is 6.68. The maximum absolute atomic E-state index is 12.3. The van der Waals surface area contributed by atoms with Crippen LogP contribution in [0.5, 0.6) is 0 Å². The molecule has 0 spiro atoms. The molecule has 0 aromatic heterocycles. The molecular formula is C12H17N3OS. The highest BCUT2D eigenvalue weighted by molar-refractivity contribution is 7.99. The minimum atomic E-state index is 0.00894. The Balaban J connectivity index is 2.18. The number of amides is 1. The van der Waals surface area contributed by atoms with Gasteiger partial charge in [0, 0.05) is 35.5 Å². The van der Waals surface area contributed by atoms with Crippen LogP contribution in [0.25, 0.3) is 0 Å². The molecule has 0 bridgehead atoms. The number of benzene rings is 1. The SMILES string of the molecule is CC1CN(C(=O)c2ccc(N)cc2N)CCS1. The molecule has 17 heavy (non-hydrogen) atoms. The molecule has 1 fully saturated rings. The molecule has 1 unspecified atom stereocenters. The summed E-state index contributed by atoms with van der Waals surface area (Å²) in [5.74, 6) is 0.997. The quantitative estimate of drug-likeness (QED) is 0.741. The fourth-order valence-corrected chi connectivity index (χ4v) is 2.96. The number of hydrogen-bond acceptors (Lipinski definition) is 4. The second kappa shape index (κ2) is 4.87. The average molecular weight is 251 g/mol. The third-order valence-electron chi connectivity index (χ3n) is 2.83. The number of nitrogen functional groups attached to an aromatic ring is 2. The summed E-state index contributed by atoms with van der Waals surface area (Å²) in [6.07, 6.45) is 0. The molecule has 1 amide bonds. The number of nitrogens with two attached hydrogens (primary N) is 2. The van der Waals surface area contributed by atoms with E-state index in [0.29, 0.717) is 22.2 Å². The van der Waals surface area contributed by atoms with Crippen molar-refractivity contribution in [2.24, 2.45) is 0 Å². The topological polar surface area (TPSA) is 72.3 Å². The Labute approximate surface area is 105 Å². The Morgan fingerprint density at radius 2 is 2.24 bits per heavy atom. The fourth-order valence-electron chi connectivity index (χ4n) is 1.95. The van der Waals surface area contributed by atoms with E-state index >= 15 is 0 Å². The molecule has 1 aliphatic rings. The molecule has 4 nitrogen and oxygen atoms in total. The zero-order chi connectivity index (χ0) is 12.4. The van der Waals surface area contributed by atoms with E-state index in [4.69, 9.17) is 11.5 Å². The molecule has 5 heteroatoms. The van der Waals surface area contributed by atoms with Crippen LogP contribution >= 0.6 is 11.8 Å². The van der Waals surface area contributed by atoms with Crippen molar-refractivity contribution in [3.63, 3.8) is 0 Å². The Bertz CT molecular complexity index is 436. The van der Waals surface area contributed by atoms with Crippen LogP contribution in [0.2, 0.25) is 0 Å². The molecule has 0 saturated carbocycles. The summed E-state index contributed by atoms with van der Waals surface area (Å²) in [6.45, 7) is 3.71. The van der Waals surface area contributed by atoms with Crippen LogP contribution in [0.3, 0.4) is 0 Å². The lowest BCUT2D eigenvalue weighted by molar-refractivity contribution is 0.0764. The van der Waals surface area contributed by atoms with Crippen LogP contribution in [0, 0.1) is 0 Å². The lowest BCUT2D eigenvalue weighted by Gasteiger charge is -2.31.